The SMILES string of the molecule is C1=C(c2ccc(N(c3ccc(-c4ccc5c(c4)c4ccccc4n5-c4ccc(-c5ccccc5)cc4)cc3)c3cccc4ccccc34)cc2)c2sc3ccccc3c2CC1. The quantitative estimate of drug-likeness (QED) is 0.156. The van der Waals surface area contributed by atoms with Gasteiger partial charge < -0.3 is 9.47 Å². The highest BCUT2D eigenvalue weighted by Crippen LogP contribution is 2.44. The molecule has 12 rings (SSSR count). The maximum absolute atomic E-state index is 2.44. The van der Waals surface area contributed by atoms with Crippen molar-refractivity contribution >= 4 is 76.6 Å². The minimum atomic E-state index is 1.07. The molecule has 0 amide bonds. The van der Waals surface area contributed by atoms with Crippen molar-refractivity contribution in [2.24, 2.45) is 0 Å². The van der Waals surface area contributed by atoms with E-state index in [9.17, 15) is 0 Å². The molecular formula is C58H40N2S. The molecule has 0 spiro atoms. The fourth-order valence-corrected chi connectivity index (χ4v) is 10.9. The summed E-state index contributed by atoms with van der Waals surface area (Å²) in [5.41, 5.74) is 15.9. The molecule has 288 valence electrons. The maximum Gasteiger partial charge on any atom is 0.0541 e. The summed E-state index contributed by atoms with van der Waals surface area (Å²) in [5.74, 6) is 0. The lowest BCUT2D eigenvalue weighted by atomic mass is 9.91. The van der Waals surface area contributed by atoms with Crippen LogP contribution in [0.4, 0.5) is 17.1 Å². The van der Waals surface area contributed by atoms with E-state index in [0.29, 0.717) is 0 Å². The molecule has 9 aromatic carbocycles. The first-order valence-corrected chi connectivity index (χ1v) is 22.0. The van der Waals surface area contributed by atoms with Gasteiger partial charge in [-0.3, -0.25) is 0 Å². The normalized spacial score (nSPS) is 12.6. The lowest BCUT2D eigenvalue weighted by Crippen LogP contribution is -2.10. The summed E-state index contributed by atoms with van der Waals surface area (Å²) in [6, 6.07) is 77.7. The van der Waals surface area contributed by atoms with Crippen LogP contribution in [0.5, 0.6) is 0 Å². The lowest BCUT2D eigenvalue weighted by molar-refractivity contribution is 0.998. The first kappa shape index (κ1) is 35.5. The summed E-state index contributed by atoms with van der Waals surface area (Å²) < 4.78 is 3.77. The van der Waals surface area contributed by atoms with Gasteiger partial charge in [0.15, 0.2) is 0 Å². The highest BCUT2D eigenvalue weighted by atomic mass is 32.1. The van der Waals surface area contributed by atoms with Crippen molar-refractivity contribution < 1.29 is 0 Å². The van der Waals surface area contributed by atoms with Crippen LogP contribution in [0.1, 0.15) is 22.4 Å². The Morgan fingerprint density at radius 1 is 0.426 bits per heavy atom. The number of fused-ring (bicyclic) bond motifs is 7. The van der Waals surface area contributed by atoms with Crippen LogP contribution in [0.2, 0.25) is 0 Å². The van der Waals surface area contributed by atoms with Gasteiger partial charge in [-0.05, 0) is 129 Å². The number of hydrogen-bond acceptors (Lipinski definition) is 2. The number of aromatic nitrogens is 1. The van der Waals surface area contributed by atoms with Crippen LogP contribution in [0, 0.1) is 0 Å². The Bertz CT molecular complexity index is 3440. The number of anilines is 3. The average Bonchev–Trinajstić information content (AvgIpc) is 3.88. The molecule has 1 aliphatic rings. The van der Waals surface area contributed by atoms with E-state index in [1.165, 1.54) is 86.5 Å². The van der Waals surface area contributed by atoms with Crippen LogP contribution < -0.4 is 4.90 Å². The Balaban J connectivity index is 0.915. The number of hydrogen-bond donors (Lipinski definition) is 0. The molecular weight excluding hydrogens is 757 g/mol. The van der Waals surface area contributed by atoms with E-state index >= 15 is 0 Å². The molecule has 0 saturated heterocycles. The smallest absolute Gasteiger partial charge is 0.0541 e. The molecule has 0 aliphatic heterocycles. The summed E-state index contributed by atoms with van der Waals surface area (Å²) in [7, 11) is 0. The first-order valence-electron chi connectivity index (χ1n) is 21.1. The van der Waals surface area contributed by atoms with Gasteiger partial charge in [-0.1, -0.05) is 152 Å². The summed E-state index contributed by atoms with van der Waals surface area (Å²) in [5, 5.41) is 6.35. The third-order valence-corrected chi connectivity index (χ3v) is 13.7. The summed E-state index contributed by atoms with van der Waals surface area (Å²) in [6.45, 7) is 0. The number of benzene rings is 9. The highest BCUT2D eigenvalue weighted by Gasteiger charge is 2.21. The van der Waals surface area contributed by atoms with Crippen molar-refractivity contribution in [1.82, 2.24) is 4.57 Å². The standard InChI is InChI=1S/C58H40N2S/c1-2-12-39(13-3-1)40-24-33-47(34-25-40)60-55-21-8-6-17-50(55)53-38-44(30-37-56(53)60)41-26-31-45(32-27-41)59(54-22-10-15-42-14-4-5-16-48(42)54)46-35-28-43(29-36-46)49-19-11-20-52-51-18-7-9-23-57(51)61-58(49)52/h1-10,12-19,21-38H,11,20H2. The number of allylic oxidation sites excluding steroid dienone is 1. The number of thiophene rings is 1. The van der Waals surface area contributed by atoms with Gasteiger partial charge in [0.1, 0.15) is 0 Å². The second-order valence-corrected chi connectivity index (χ2v) is 17.0. The molecule has 0 atom stereocenters. The molecule has 0 N–H and O–H groups in total. The largest absolute Gasteiger partial charge is 0.310 e. The molecule has 1 aliphatic carbocycles. The van der Waals surface area contributed by atoms with Crippen LogP contribution in [-0.2, 0) is 6.42 Å². The number of aryl methyl sites for hydroxylation is 1. The molecule has 0 radical (unpaired) electrons. The van der Waals surface area contributed by atoms with Gasteiger partial charge in [0.2, 0.25) is 0 Å². The molecule has 11 aromatic rings. The van der Waals surface area contributed by atoms with Crippen LogP contribution in [0.25, 0.3) is 76.2 Å². The van der Waals surface area contributed by atoms with E-state index in [1.54, 1.807) is 0 Å². The van der Waals surface area contributed by atoms with Gasteiger partial charge in [-0.15, -0.1) is 11.3 Å². The topological polar surface area (TPSA) is 8.17 Å². The second kappa shape index (κ2) is 14.7. The Labute approximate surface area is 359 Å². The van der Waals surface area contributed by atoms with Crippen molar-refractivity contribution in [2.75, 3.05) is 4.90 Å². The lowest BCUT2D eigenvalue weighted by Gasteiger charge is -2.27. The molecule has 0 unspecified atom stereocenters. The summed E-state index contributed by atoms with van der Waals surface area (Å²) in [4.78, 5) is 3.83. The van der Waals surface area contributed by atoms with Gasteiger partial charge in [-0.25, -0.2) is 0 Å². The monoisotopic (exact) mass is 796 g/mol. The van der Waals surface area contributed by atoms with Crippen LogP contribution in [-0.4, -0.2) is 4.57 Å². The predicted molar refractivity (Wildman–Crippen MR) is 261 cm³/mol. The molecule has 0 bridgehead atoms. The Kier molecular flexibility index (Phi) is 8.53. The fraction of sp³-hybridized carbons (Fsp3) is 0.0345. The molecule has 0 fully saturated rings. The zero-order valence-corrected chi connectivity index (χ0v) is 34.3. The number of nitrogens with zero attached hydrogens (tertiary/aromatic N) is 2. The zero-order valence-electron chi connectivity index (χ0n) is 33.5. The number of para-hydroxylation sites is 1. The zero-order chi connectivity index (χ0) is 40.3. The molecule has 3 heteroatoms. The molecule has 2 nitrogen and oxygen atoms in total. The molecule has 0 saturated carbocycles. The first-order chi connectivity index (χ1) is 30.2. The van der Waals surface area contributed by atoms with Crippen molar-refractivity contribution in [3.63, 3.8) is 0 Å². The van der Waals surface area contributed by atoms with E-state index in [0.717, 1.165) is 35.6 Å². The molecule has 61 heavy (non-hydrogen) atoms. The summed E-state index contributed by atoms with van der Waals surface area (Å²) in [6.07, 6.45) is 4.61. The summed E-state index contributed by atoms with van der Waals surface area (Å²) >= 11 is 1.93. The van der Waals surface area contributed by atoms with Crippen molar-refractivity contribution in [3.8, 4) is 27.9 Å². The molecule has 2 heterocycles. The predicted octanol–water partition coefficient (Wildman–Crippen LogP) is 16.3. The van der Waals surface area contributed by atoms with Crippen molar-refractivity contribution in [1.29, 1.82) is 0 Å². The van der Waals surface area contributed by atoms with Crippen molar-refractivity contribution in [2.45, 2.75) is 12.8 Å². The van der Waals surface area contributed by atoms with Gasteiger partial charge in [0.05, 0.1) is 16.7 Å². The van der Waals surface area contributed by atoms with Crippen LogP contribution in [0.15, 0.2) is 218 Å². The van der Waals surface area contributed by atoms with Gasteiger partial charge in [0.25, 0.3) is 0 Å². The van der Waals surface area contributed by atoms with E-state index in [1.807, 2.05) is 11.3 Å². The van der Waals surface area contributed by atoms with E-state index in [-0.39, 0.29) is 0 Å². The van der Waals surface area contributed by atoms with Gasteiger partial charge in [0, 0.05) is 42.8 Å². The highest BCUT2D eigenvalue weighted by molar-refractivity contribution is 7.20. The van der Waals surface area contributed by atoms with E-state index in [2.05, 4.69) is 228 Å². The van der Waals surface area contributed by atoms with E-state index < -0.39 is 0 Å². The Hall–Kier alpha value is -7.46. The van der Waals surface area contributed by atoms with Gasteiger partial charge >= 0.3 is 0 Å². The Morgan fingerprint density at radius 3 is 1.82 bits per heavy atom. The third kappa shape index (κ3) is 6.08. The fourth-order valence-electron chi connectivity index (χ4n) is 9.55. The second-order valence-electron chi connectivity index (χ2n) is 16.0. The minimum absolute atomic E-state index is 1.07. The third-order valence-electron chi connectivity index (χ3n) is 12.5. The minimum Gasteiger partial charge on any atom is -0.310 e. The van der Waals surface area contributed by atoms with E-state index in [4.69, 9.17) is 0 Å². The average molecular weight is 797 g/mol. The van der Waals surface area contributed by atoms with Crippen molar-refractivity contribution in [3.05, 3.63) is 234 Å². The van der Waals surface area contributed by atoms with Crippen LogP contribution >= 0.6 is 11.3 Å². The molecule has 2 aromatic heterocycles. The number of rotatable bonds is 7. The van der Waals surface area contributed by atoms with Gasteiger partial charge in [-0.2, -0.15) is 0 Å². The Morgan fingerprint density at radius 2 is 1.02 bits per heavy atom. The maximum atomic E-state index is 2.44. The van der Waals surface area contributed by atoms with Crippen LogP contribution in [0.3, 0.4) is 0 Å².